The maximum atomic E-state index is 10.9. The molecular weight excluding hydrogens is 312 g/mol. The van der Waals surface area contributed by atoms with Crippen LogP contribution < -0.4 is 10.7 Å². The number of hydrogen-bond acceptors (Lipinski definition) is 4. The summed E-state index contributed by atoms with van der Waals surface area (Å²) in [5, 5.41) is 18.3. The Kier molecular flexibility index (Phi) is 5.76. The van der Waals surface area contributed by atoms with Gasteiger partial charge in [0, 0.05) is 23.7 Å². The molecule has 6 nitrogen and oxygen atoms in total. The second-order valence-electron chi connectivity index (χ2n) is 4.84. The normalized spacial score (nSPS) is 10.5. The molecule has 2 rings (SSSR count). The maximum Gasteiger partial charge on any atom is 0.272 e. The van der Waals surface area contributed by atoms with Crippen LogP contribution in [0.15, 0.2) is 53.6 Å². The van der Waals surface area contributed by atoms with Crippen molar-refractivity contribution >= 4 is 29.2 Å². The van der Waals surface area contributed by atoms with Gasteiger partial charge in [0.25, 0.3) is 5.69 Å². The summed E-state index contributed by atoms with van der Waals surface area (Å²) < 4.78 is 0. The first-order valence-electron chi connectivity index (χ1n) is 6.92. The Balaban J connectivity index is 1.87. The topological polar surface area (TPSA) is 79.6 Å². The van der Waals surface area contributed by atoms with Gasteiger partial charge in [-0.1, -0.05) is 42.5 Å². The monoisotopic (exact) mass is 328 g/mol. The van der Waals surface area contributed by atoms with Gasteiger partial charge in [0.1, 0.15) is 0 Å². The number of rotatable bonds is 5. The van der Waals surface area contributed by atoms with E-state index in [1.54, 1.807) is 19.1 Å². The minimum Gasteiger partial charge on any atom is -0.357 e. The Bertz CT molecular complexity index is 732. The molecule has 2 N–H and O–H groups in total. The van der Waals surface area contributed by atoms with Gasteiger partial charge in [-0.15, -0.1) is 0 Å². The molecule has 23 heavy (non-hydrogen) atoms. The van der Waals surface area contributed by atoms with E-state index in [1.165, 1.54) is 12.3 Å². The number of aryl methyl sites for hydroxylation is 1. The van der Waals surface area contributed by atoms with Crippen molar-refractivity contribution in [2.24, 2.45) is 5.10 Å². The Hall–Kier alpha value is -2.80. The van der Waals surface area contributed by atoms with Gasteiger partial charge in [-0.2, -0.15) is 5.10 Å². The summed E-state index contributed by atoms with van der Waals surface area (Å²) in [7, 11) is 0. The van der Waals surface area contributed by atoms with Crippen LogP contribution in [0.5, 0.6) is 0 Å². The van der Waals surface area contributed by atoms with E-state index in [2.05, 4.69) is 15.8 Å². The number of hydrazone groups is 1. The van der Waals surface area contributed by atoms with E-state index in [4.69, 9.17) is 12.2 Å². The highest BCUT2D eigenvalue weighted by atomic mass is 32.1. The van der Waals surface area contributed by atoms with Crippen LogP contribution in [0.3, 0.4) is 0 Å². The fourth-order valence-corrected chi connectivity index (χ4v) is 2.01. The number of thiocarbonyl (C=S) groups is 1. The molecule has 7 heteroatoms. The summed E-state index contributed by atoms with van der Waals surface area (Å²) in [6.07, 6.45) is 1.49. The van der Waals surface area contributed by atoms with Crippen molar-refractivity contribution in [3.05, 3.63) is 75.3 Å². The van der Waals surface area contributed by atoms with Crippen LogP contribution in [0.25, 0.3) is 0 Å². The van der Waals surface area contributed by atoms with Crippen molar-refractivity contribution in [1.29, 1.82) is 0 Å². The molecule has 0 radical (unpaired) electrons. The van der Waals surface area contributed by atoms with E-state index in [0.29, 0.717) is 22.8 Å². The summed E-state index contributed by atoms with van der Waals surface area (Å²) in [6, 6.07) is 14.8. The first-order chi connectivity index (χ1) is 11.1. The zero-order chi connectivity index (χ0) is 16.7. The summed E-state index contributed by atoms with van der Waals surface area (Å²) in [5.41, 5.74) is 5.10. The van der Waals surface area contributed by atoms with Gasteiger partial charge in [-0.25, -0.2) is 0 Å². The number of nitrogens with one attached hydrogen (secondary N) is 2. The molecule has 0 fully saturated rings. The average molecular weight is 328 g/mol. The molecule has 0 bridgehead atoms. The van der Waals surface area contributed by atoms with Crippen LogP contribution in [0.2, 0.25) is 0 Å². The molecule has 2 aromatic carbocycles. The lowest BCUT2D eigenvalue weighted by Gasteiger charge is -2.06. The van der Waals surface area contributed by atoms with Crippen molar-refractivity contribution in [1.82, 2.24) is 10.7 Å². The lowest BCUT2D eigenvalue weighted by Crippen LogP contribution is -2.31. The first kappa shape index (κ1) is 16.6. The van der Waals surface area contributed by atoms with Gasteiger partial charge in [0.15, 0.2) is 5.11 Å². The smallest absolute Gasteiger partial charge is 0.272 e. The third kappa shape index (κ3) is 5.15. The average Bonchev–Trinajstić information content (AvgIpc) is 2.55. The van der Waals surface area contributed by atoms with E-state index in [-0.39, 0.29) is 5.69 Å². The van der Waals surface area contributed by atoms with Crippen LogP contribution in [0.1, 0.15) is 16.7 Å². The molecule has 118 valence electrons. The molecular formula is C16H16N4O2S. The summed E-state index contributed by atoms with van der Waals surface area (Å²) >= 11 is 5.11. The van der Waals surface area contributed by atoms with Gasteiger partial charge in [0.05, 0.1) is 11.1 Å². The molecule has 0 aliphatic rings. The predicted octanol–water partition coefficient (Wildman–Crippen LogP) is 2.90. The quantitative estimate of drug-likeness (QED) is 0.382. The first-order valence-corrected chi connectivity index (χ1v) is 7.33. The van der Waals surface area contributed by atoms with Crippen molar-refractivity contribution in [3.63, 3.8) is 0 Å². The predicted molar refractivity (Wildman–Crippen MR) is 94.4 cm³/mol. The second kappa shape index (κ2) is 8.00. The van der Waals surface area contributed by atoms with Crippen molar-refractivity contribution < 1.29 is 4.92 Å². The fourth-order valence-electron chi connectivity index (χ4n) is 1.89. The highest BCUT2D eigenvalue weighted by molar-refractivity contribution is 7.80. The van der Waals surface area contributed by atoms with E-state index >= 15 is 0 Å². The summed E-state index contributed by atoms with van der Waals surface area (Å²) in [4.78, 5) is 10.5. The van der Waals surface area contributed by atoms with Crippen molar-refractivity contribution in [2.75, 3.05) is 0 Å². The van der Waals surface area contributed by atoms with Crippen LogP contribution in [-0.2, 0) is 6.54 Å². The largest absolute Gasteiger partial charge is 0.357 e. The Morgan fingerprint density at radius 2 is 2.04 bits per heavy atom. The standard InChI is InChI=1S/C16H16N4O2S/c1-12-7-8-14(9-15(12)20(21)22)11-18-19-16(23)17-10-13-5-3-2-4-6-13/h2-9,11H,10H2,1H3,(H2,17,19,23)/b18-11-. The minimum absolute atomic E-state index is 0.0683. The van der Waals surface area contributed by atoms with Crippen LogP contribution in [0, 0.1) is 17.0 Å². The van der Waals surface area contributed by atoms with Gasteiger partial charge in [0.2, 0.25) is 0 Å². The van der Waals surface area contributed by atoms with Gasteiger partial charge >= 0.3 is 0 Å². The molecule has 0 aromatic heterocycles. The van der Waals surface area contributed by atoms with E-state index < -0.39 is 4.92 Å². The molecule has 0 unspecified atom stereocenters. The Morgan fingerprint density at radius 3 is 2.74 bits per heavy atom. The zero-order valence-corrected chi connectivity index (χ0v) is 13.3. The van der Waals surface area contributed by atoms with Crippen LogP contribution in [-0.4, -0.2) is 16.3 Å². The second-order valence-corrected chi connectivity index (χ2v) is 5.25. The lowest BCUT2D eigenvalue weighted by atomic mass is 10.1. The summed E-state index contributed by atoms with van der Waals surface area (Å²) in [6.45, 7) is 2.29. The molecule has 0 atom stereocenters. The number of benzene rings is 2. The summed E-state index contributed by atoms with van der Waals surface area (Å²) in [5.74, 6) is 0. The third-order valence-electron chi connectivity index (χ3n) is 3.11. The van der Waals surface area contributed by atoms with Crippen molar-refractivity contribution in [3.8, 4) is 0 Å². The molecule has 0 saturated heterocycles. The van der Waals surface area contributed by atoms with E-state index in [1.807, 2.05) is 30.3 Å². The van der Waals surface area contributed by atoms with Crippen LogP contribution in [0.4, 0.5) is 5.69 Å². The lowest BCUT2D eigenvalue weighted by molar-refractivity contribution is -0.385. The number of nitro benzene ring substituents is 1. The highest BCUT2D eigenvalue weighted by Crippen LogP contribution is 2.18. The van der Waals surface area contributed by atoms with E-state index in [9.17, 15) is 10.1 Å². The zero-order valence-electron chi connectivity index (χ0n) is 12.5. The molecule has 0 saturated carbocycles. The van der Waals surface area contributed by atoms with Gasteiger partial charge in [-0.05, 0) is 24.7 Å². The SMILES string of the molecule is Cc1ccc(/C=N\NC(=S)NCc2ccccc2)cc1[N+](=O)[O-]. The molecule has 0 spiro atoms. The third-order valence-corrected chi connectivity index (χ3v) is 3.34. The molecule has 2 aromatic rings. The van der Waals surface area contributed by atoms with E-state index in [0.717, 1.165) is 5.56 Å². The number of hydrogen-bond donors (Lipinski definition) is 2. The molecule has 0 amide bonds. The Labute approximate surface area is 139 Å². The minimum atomic E-state index is -0.411. The molecule has 0 aliphatic carbocycles. The number of nitro groups is 1. The Morgan fingerprint density at radius 1 is 1.30 bits per heavy atom. The van der Waals surface area contributed by atoms with Crippen molar-refractivity contribution in [2.45, 2.75) is 13.5 Å². The van der Waals surface area contributed by atoms with Gasteiger partial charge < -0.3 is 5.32 Å². The maximum absolute atomic E-state index is 10.9. The highest BCUT2D eigenvalue weighted by Gasteiger charge is 2.09. The van der Waals surface area contributed by atoms with Crippen LogP contribution >= 0.6 is 12.2 Å². The molecule has 0 heterocycles. The molecule has 0 aliphatic heterocycles. The number of nitrogens with zero attached hydrogens (tertiary/aromatic N) is 2. The fraction of sp³-hybridized carbons (Fsp3) is 0.125. The van der Waals surface area contributed by atoms with Gasteiger partial charge in [-0.3, -0.25) is 15.5 Å².